The van der Waals surface area contributed by atoms with E-state index in [0.717, 1.165) is 51.9 Å². The van der Waals surface area contributed by atoms with Gasteiger partial charge >= 0.3 is 0 Å². The molecular formula is C21H32N4O3S2. The molecule has 1 N–H and O–H groups in total. The average molecular weight is 453 g/mol. The van der Waals surface area contributed by atoms with Gasteiger partial charge in [0.2, 0.25) is 10.0 Å². The van der Waals surface area contributed by atoms with Gasteiger partial charge in [-0.2, -0.15) is 4.31 Å². The minimum Gasteiger partial charge on any atom is -0.335 e. The number of nitrogens with zero attached hydrogens (tertiary/aromatic N) is 3. The Morgan fingerprint density at radius 3 is 2.13 bits per heavy atom. The van der Waals surface area contributed by atoms with Crippen LogP contribution in [-0.4, -0.2) is 78.3 Å². The quantitative estimate of drug-likeness (QED) is 0.457. The highest BCUT2D eigenvalue weighted by molar-refractivity contribution is 7.89. The van der Waals surface area contributed by atoms with Gasteiger partial charge in [-0.05, 0) is 57.6 Å². The van der Waals surface area contributed by atoms with Crippen molar-refractivity contribution in [2.24, 2.45) is 0 Å². The molecule has 1 aromatic rings. The third-order valence-electron chi connectivity index (χ3n) is 6.01. The number of carbonyl (C=O) groups is 1. The number of unbranched alkanes of at least 4 members (excludes halogenated alkanes) is 3. The predicted octanol–water partition coefficient (Wildman–Crippen LogP) is 2.05. The van der Waals surface area contributed by atoms with Crippen molar-refractivity contribution in [3.05, 3.63) is 30.3 Å². The monoisotopic (exact) mass is 452 g/mol. The van der Waals surface area contributed by atoms with E-state index in [1.165, 1.54) is 0 Å². The van der Waals surface area contributed by atoms with Crippen LogP contribution in [0.4, 0.5) is 0 Å². The van der Waals surface area contributed by atoms with E-state index in [9.17, 15) is 13.2 Å². The molecule has 0 bridgehead atoms. The summed E-state index contributed by atoms with van der Waals surface area (Å²) in [5.74, 6) is -0.0269. The zero-order chi connectivity index (χ0) is 21.8. The molecule has 7 nitrogen and oxygen atoms in total. The van der Waals surface area contributed by atoms with Gasteiger partial charge < -0.3 is 15.1 Å². The van der Waals surface area contributed by atoms with Crippen LogP contribution in [-0.2, 0) is 14.8 Å². The molecule has 30 heavy (non-hydrogen) atoms. The molecule has 0 aromatic heterocycles. The Balaban J connectivity index is 1.32. The number of benzene rings is 1. The first-order chi connectivity index (χ1) is 14.2. The van der Waals surface area contributed by atoms with E-state index in [-0.39, 0.29) is 5.91 Å². The summed E-state index contributed by atoms with van der Waals surface area (Å²) in [5.41, 5.74) is -0.559. The standard InChI is InChI=1S/C21H32N4O3S2/c1-21(2)19(26)22-20(29)25(21)13-9-4-3-8-12-23-14-16-24(17-15-23)30(27,28)18-10-6-5-7-11-18/h5-7,10-11H,3-4,8-9,12-17H2,1-2H3,(H,22,26,29). The third kappa shape index (κ3) is 5.19. The first-order valence-electron chi connectivity index (χ1n) is 10.6. The van der Waals surface area contributed by atoms with Gasteiger partial charge in [0.1, 0.15) is 5.54 Å². The zero-order valence-corrected chi connectivity index (χ0v) is 19.5. The van der Waals surface area contributed by atoms with Crippen LogP contribution in [0.2, 0.25) is 0 Å². The fraction of sp³-hybridized carbons (Fsp3) is 0.619. The van der Waals surface area contributed by atoms with Gasteiger partial charge in [0.25, 0.3) is 5.91 Å². The number of carbonyl (C=O) groups excluding carboxylic acids is 1. The minimum atomic E-state index is -3.38. The Labute approximate surface area is 185 Å². The smallest absolute Gasteiger partial charge is 0.251 e. The summed E-state index contributed by atoms with van der Waals surface area (Å²) in [6, 6.07) is 8.66. The van der Waals surface area contributed by atoms with Gasteiger partial charge in [0, 0.05) is 32.7 Å². The van der Waals surface area contributed by atoms with Crippen LogP contribution in [0.25, 0.3) is 0 Å². The Hall–Kier alpha value is -1.55. The molecule has 1 aromatic carbocycles. The summed E-state index contributed by atoms with van der Waals surface area (Å²) >= 11 is 5.26. The lowest BCUT2D eigenvalue weighted by molar-refractivity contribution is -0.125. The molecule has 0 spiro atoms. The Morgan fingerprint density at radius 1 is 0.967 bits per heavy atom. The van der Waals surface area contributed by atoms with Crippen LogP contribution in [0, 0.1) is 0 Å². The second kappa shape index (κ2) is 9.72. The van der Waals surface area contributed by atoms with Crippen LogP contribution in [0.5, 0.6) is 0 Å². The van der Waals surface area contributed by atoms with Gasteiger partial charge in [-0.3, -0.25) is 4.79 Å². The lowest BCUT2D eigenvalue weighted by atomic mass is 10.0. The van der Waals surface area contributed by atoms with Crippen LogP contribution in [0.3, 0.4) is 0 Å². The zero-order valence-electron chi connectivity index (χ0n) is 17.8. The van der Waals surface area contributed by atoms with E-state index in [1.807, 2.05) is 24.8 Å². The largest absolute Gasteiger partial charge is 0.335 e. The van der Waals surface area contributed by atoms with Crippen molar-refractivity contribution in [2.75, 3.05) is 39.3 Å². The summed E-state index contributed by atoms with van der Waals surface area (Å²) in [4.78, 5) is 16.6. The van der Waals surface area contributed by atoms with E-state index in [1.54, 1.807) is 28.6 Å². The van der Waals surface area contributed by atoms with E-state index in [0.29, 0.717) is 23.1 Å². The molecule has 0 unspecified atom stereocenters. The number of hydrogen-bond acceptors (Lipinski definition) is 5. The number of sulfonamides is 1. The number of nitrogens with one attached hydrogen (secondary N) is 1. The number of hydrogen-bond donors (Lipinski definition) is 1. The molecular weight excluding hydrogens is 420 g/mol. The van der Waals surface area contributed by atoms with Crippen LogP contribution in [0.1, 0.15) is 39.5 Å². The maximum Gasteiger partial charge on any atom is 0.251 e. The first-order valence-corrected chi connectivity index (χ1v) is 12.5. The molecule has 2 aliphatic rings. The van der Waals surface area contributed by atoms with E-state index in [2.05, 4.69) is 10.2 Å². The lowest BCUT2D eigenvalue weighted by Crippen LogP contribution is -2.48. The van der Waals surface area contributed by atoms with Crippen molar-refractivity contribution in [3.8, 4) is 0 Å². The van der Waals surface area contributed by atoms with Crippen molar-refractivity contribution in [1.82, 2.24) is 19.4 Å². The molecule has 0 aliphatic carbocycles. The van der Waals surface area contributed by atoms with Gasteiger partial charge in [-0.1, -0.05) is 31.0 Å². The molecule has 0 atom stereocenters. The lowest BCUT2D eigenvalue weighted by Gasteiger charge is -2.34. The normalized spacial score (nSPS) is 20.5. The van der Waals surface area contributed by atoms with Crippen molar-refractivity contribution < 1.29 is 13.2 Å². The predicted molar refractivity (Wildman–Crippen MR) is 122 cm³/mol. The molecule has 9 heteroatoms. The van der Waals surface area contributed by atoms with Crippen molar-refractivity contribution >= 4 is 33.3 Å². The van der Waals surface area contributed by atoms with Crippen LogP contribution >= 0.6 is 12.2 Å². The number of thiocarbonyl (C=S) groups is 1. The van der Waals surface area contributed by atoms with Crippen molar-refractivity contribution in [3.63, 3.8) is 0 Å². The molecule has 2 aliphatic heterocycles. The molecule has 0 radical (unpaired) electrons. The highest BCUT2D eigenvalue weighted by Crippen LogP contribution is 2.22. The fourth-order valence-corrected chi connectivity index (χ4v) is 5.82. The van der Waals surface area contributed by atoms with Gasteiger partial charge in [-0.25, -0.2) is 8.42 Å². The average Bonchev–Trinajstić information content (AvgIpc) is 2.92. The van der Waals surface area contributed by atoms with E-state index < -0.39 is 15.6 Å². The van der Waals surface area contributed by atoms with Crippen LogP contribution in [0.15, 0.2) is 35.2 Å². The Bertz CT molecular complexity index is 850. The third-order valence-corrected chi connectivity index (χ3v) is 8.25. The second-order valence-electron chi connectivity index (χ2n) is 8.44. The fourth-order valence-electron chi connectivity index (χ4n) is 3.97. The molecule has 3 rings (SSSR count). The topological polar surface area (TPSA) is 73.0 Å². The molecule has 1 amide bonds. The summed E-state index contributed by atoms with van der Waals surface area (Å²) in [5, 5.41) is 3.28. The van der Waals surface area contributed by atoms with Crippen molar-refractivity contribution in [1.29, 1.82) is 0 Å². The van der Waals surface area contributed by atoms with Gasteiger partial charge in [-0.15, -0.1) is 0 Å². The van der Waals surface area contributed by atoms with E-state index >= 15 is 0 Å². The Morgan fingerprint density at radius 2 is 1.57 bits per heavy atom. The highest BCUT2D eigenvalue weighted by Gasteiger charge is 2.42. The first kappa shape index (κ1) is 23.1. The molecule has 2 fully saturated rings. The van der Waals surface area contributed by atoms with Gasteiger partial charge in [0.15, 0.2) is 5.11 Å². The number of rotatable bonds is 9. The molecule has 2 heterocycles. The maximum atomic E-state index is 12.7. The maximum absolute atomic E-state index is 12.7. The molecule has 2 saturated heterocycles. The highest BCUT2D eigenvalue weighted by atomic mass is 32.2. The molecule has 166 valence electrons. The van der Waals surface area contributed by atoms with Gasteiger partial charge in [0.05, 0.1) is 4.90 Å². The van der Waals surface area contributed by atoms with Crippen molar-refractivity contribution in [2.45, 2.75) is 50.0 Å². The Kier molecular flexibility index (Phi) is 7.49. The van der Waals surface area contributed by atoms with E-state index in [4.69, 9.17) is 12.2 Å². The summed E-state index contributed by atoms with van der Waals surface area (Å²) in [7, 11) is -3.38. The SMILES string of the molecule is CC1(C)C(=O)NC(=S)N1CCCCCCN1CCN(S(=O)(=O)c2ccccc2)CC1. The number of amides is 1. The summed E-state index contributed by atoms with van der Waals surface area (Å²) in [6.07, 6.45) is 4.30. The minimum absolute atomic E-state index is 0.0269. The number of piperazine rings is 1. The summed E-state index contributed by atoms with van der Waals surface area (Å²) in [6.45, 7) is 8.22. The second-order valence-corrected chi connectivity index (χ2v) is 10.8. The van der Waals surface area contributed by atoms with Crippen LogP contribution < -0.4 is 5.32 Å². The molecule has 0 saturated carbocycles. The summed E-state index contributed by atoms with van der Waals surface area (Å²) < 4.78 is 27.0.